The van der Waals surface area contributed by atoms with Crippen molar-refractivity contribution < 1.29 is 13.7 Å². The van der Waals surface area contributed by atoms with Crippen molar-refractivity contribution in [3.63, 3.8) is 0 Å². The van der Waals surface area contributed by atoms with Crippen LogP contribution in [0, 0.1) is 0 Å². The summed E-state index contributed by atoms with van der Waals surface area (Å²) >= 11 is 0. The minimum absolute atomic E-state index is 0.0439. The van der Waals surface area contributed by atoms with Gasteiger partial charge < -0.3 is 13.7 Å². The van der Waals surface area contributed by atoms with Crippen LogP contribution in [0.5, 0.6) is 0 Å². The molecule has 1 aliphatic carbocycles. The Bertz CT molecular complexity index is 339. The molecule has 5 heteroatoms. The Morgan fingerprint density at radius 1 is 1.11 bits per heavy atom. The average Bonchev–Trinajstić information content (AvgIpc) is 2.88. The highest BCUT2D eigenvalue weighted by atomic mass is 28.4. The first-order chi connectivity index (χ1) is 8.46. The first kappa shape index (κ1) is 15.5. The predicted octanol–water partition coefficient (Wildman–Crippen LogP) is 3.85. The van der Waals surface area contributed by atoms with Crippen LogP contribution in [0.1, 0.15) is 48.0 Å². The molecule has 2 atom stereocenters. The summed E-state index contributed by atoms with van der Waals surface area (Å²) in [7, 11) is -1.66. The molecule has 3 nitrogen and oxygen atoms in total. The third kappa shape index (κ3) is 2.94. The summed E-state index contributed by atoms with van der Waals surface area (Å²) in [6, 6.07) is 0. The zero-order valence-electron chi connectivity index (χ0n) is 13.7. The van der Waals surface area contributed by atoms with Gasteiger partial charge in [-0.2, -0.15) is 0 Å². The molecule has 2 fully saturated rings. The van der Waals surface area contributed by atoms with Crippen LogP contribution in [0.15, 0.2) is 0 Å². The van der Waals surface area contributed by atoms with E-state index in [1.165, 1.54) is 6.42 Å². The van der Waals surface area contributed by atoms with Gasteiger partial charge >= 0.3 is 7.12 Å². The molecule has 1 aliphatic heterocycles. The maximum atomic E-state index is 6.18. The van der Waals surface area contributed by atoms with Gasteiger partial charge in [0.05, 0.1) is 11.2 Å². The summed E-state index contributed by atoms with van der Waals surface area (Å²) in [5.41, 5.74) is 0.245. The molecule has 0 spiro atoms. The topological polar surface area (TPSA) is 27.7 Å². The van der Waals surface area contributed by atoms with E-state index in [0.717, 1.165) is 0 Å². The van der Waals surface area contributed by atoms with E-state index >= 15 is 0 Å². The van der Waals surface area contributed by atoms with E-state index in [4.69, 9.17) is 13.7 Å². The summed E-state index contributed by atoms with van der Waals surface area (Å²) in [6.07, 6.45) is 1.52. The largest absolute Gasteiger partial charge is 0.461 e. The van der Waals surface area contributed by atoms with E-state index in [0.29, 0.717) is 17.5 Å². The Hall–Kier alpha value is 0.162. The van der Waals surface area contributed by atoms with Crippen LogP contribution in [0.25, 0.3) is 0 Å². The quantitative estimate of drug-likeness (QED) is 0.734. The number of rotatable bonds is 4. The van der Waals surface area contributed by atoms with E-state index in [2.05, 4.69) is 54.6 Å². The third-order valence-electron chi connectivity index (χ3n) is 4.89. The molecule has 0 amide bonds. The van der Waals surface area contributed by atoms with Crippen molar-refractivity contribution in [1.29, 1.82) is 0 Å². The van der Waals surface area contributed by atoms with Crippen molar-refractivity contribution in [2.45, 2.75) is 89.7 Å². The van der Waals surface area contributed by atoms with Gasteiger partial charge in [0, 0.05) is 6.10 Å². The van der Waals surface area contributed by atoms with Crippen LogP contribution in [0.3, 0.4) is 0 Å². The first-order valence-electron chi connectivity index (χ1n) is 7.50. The first-order valence-corrected chi connectivity index (χ1v) is 10.5. The van der Waals surface area contributed by atoms with Crippen LogP contribution in [0.2, 0.25) is 24.5 Å². The molecule has 1 saturated heterocycles. The van der Waals surface area contributed by atoms with E-state index in [1.807, 2.05) is 0 Å². The van der Waals surface area contributed by atoms with Gasteiger partial charge in [-0.25, -0.2) is 0 Å². The molecular formula is C14H29BO3Si. The van der Waals surface area contributed by atoms with Crippen LogP contribution in [-0.2, 0) is 13.7 Å². The smallest absolute Gasteiger partial charge is 0.415 e. The van der Waals surface area contributed by atoms with Gasteiger partial charge in [0.15, 0.2) is 8.32 Å². The molecule has 0 bridgehead atoms. The van der Waals surface area contributed by atoms with Gasteiger partial charge in [0.25, 0.3) is 0 Å². The van der Waals surface area contributed by atoms with E-state index in [9.17, 15) is 0 Å². The fourth-order valence-electron chi connectivity index (χ4n) is 3.07. The lowest BCUT2D eigenvalue weighted by atomic mass is 9.82. The molecular weight excluding hydrogens is 255 g/mol. The van der Waals surface area contributed by atoms with Crippen LogP contribution in [0.4, 0.5) is 0 Å². The van der Waals surface area contributed by atoms with Crippen LogP contribution < -0.4 is 0 Å². The van der Waals surface area contributed by atoms with E-state index in [1.54, 1.807) is 0 Å². The van der Waals surface area contributed by atoms with Gasteiger partial charge in [-0.3, -0.25) is 0 Å². The monoisotopic (exact) mass is 284 g/mol. The Labute approximate surface area is 119 Å². The fourth-order valence-corrected chi connectivity index (χ4v) is 6.49. The SMILES string of the molecule is CC(C)O[Si](C)(C)C1CC1B1OC(C)(C)C(C)(C)O1. The van der Waals surface area contributed by atoms with Gasteiger partial charge in [-0.1, -0.05) is 0 Å². The molecule has 2 aliphatic rings. The lowest BCUT2D eigenvalue weighted by Crippen LogP contribution is -2.41. The maximum Gasteiger partial charge on any atom is 0.461 e. The minimum Gasteiger partial charge on any atom is -0.415 e. The molecule has 0 N–H and O–H groups in total. The molecule has 0 aromatic rings. The molecule has 0 aromatic carbocycles. The summed E-state index contributed by atoms with van der Waals surface area (Å²) < 4.78 is 18.5. The standard InChI is InChI=1S/C14H29BO3Si/c1-10(2)16-19(7,8)12-9-11(12)15-17-13(3,4)14(5,6)18-15/h10-12H,9H2,1-8H3. The average molecular weight is 284 g/mol. The molecule has 110 valence electrons. The molecule has 2 rings (SSSR count). The molecule has 0 aromatic heterocycles. The molecule has 2 unspecified atom stereocenters. The number of hydrogen-bond donors (Lipinski definition) is 0. The summed E-state index contributed by atoms with van der Waals surface area (Å²) in [6.45, 7) is 17.4. The summed E-state index contributed by atoms with van der Waals surface area (Å²) in [5, 5.41) is 0. The normalized spacial score (nSPS) is 33.0. The van der Waals surface area contributed by atoms with Crippen molar-refractivity contribution in [3.05, 3.63) is 0 Å². The summed E-state index contributed by atoms with van der Waals surface area (Å²) in [4.78, 5) is 0. The van der Waals surface area contributed by atoms with Gasteiger partial charge in [0.2, 0.25) is 0 Å². The highest BCUT2D eigenvalue weighted by molar-refractivity contribution is 6.75. The van der Waals surface area contributed by atoms with Crippen molar-refractivity contribution in [1.82, 2.24) is 0 Å². The Morgan fingerprint density at radius 2 is 1.58 bits per heavy atom. The van der Waals surface area contributed by atoms with Gasteiger partial charge in [-0.15, -0.1) is 0 Å². The number of hydrogen-bond acceptors (Lipinski definition) is 3. The van der Waals surface area contributed by atoms with Gasteiger partial charge in [0.1, 0.15) is 0 Å². The summed E-state index contributed by atoms with van der Waals surface area (Å²) in [5.74, 6) is 0.529. The predicted molar refractivity (Wildman–Crippen MR) is 81.9 cm³/mol. The minimum atomic E-state index is -1.62. The van der Waals surface area contributed by atoms with Crippen LogP contribution in [-0.4, -0.2) is 32.7 Å². The Balaban J connectivity index is 1.98. The van der Waals surface area contributed by atoms with E-state index < -0.39 is 8.32 Å². The lowest BCUT2D eigenvalue weighted by molar-refractivity contribution is 0.00578. The highest BCUT2D eigenvalue weighted by Crippen LogP contribution is 2.61. The molecule has 1 saturated carbocycles. The molecule has 19 heavy (non-hydrogen) atoms. The maximum absolute atomic E-state index is 6.18. The molecule has 1 heterocycles. The van der Waals surface area contributed by atoms with Crippen molar-refractivity contribution in [2.75, 3.05) is 0 Å². The molecule has 0 radical (unpaired) electrons. The fraction of sp³-hybridized carbons (Fsp3) is 1.00. The van der Waals surface area contributed by atoms with Crippen molar-refractivity contribution >= 4 is 15.4 Å². The Kier molecular flexibility index (Phi) is 3.75. The van der Waals surface area contributed by atoms with E-state index in [-0.39, 0.29) is 18.3 Å². The Morgan fingerprint density at radius 3 is 2.00 bits per heavy atom. The van der Waals surface area contributed by atoms with Gasteiger partial charge in [-0.05, 0) is 72.4 Å². The second-order valence-electron chi connectivity index (χ2n) is 7.90. The highest BCUT2D eigenvalue weighted by Gasteiger charge is 2.63. The second-order valence-corrected chi connectivity index (χ2v) is 12.1. The van der Waals surface area contributed by atoms with Crippen molar-refractivity contribution in [2.24, 2.45) is 0 Å². The zero-order valence-corrected chi connectivity index (χ0v) is 14.7. The lowest BCUT2D eigenvalue weighted by Gasteiger charge is -2.32. The zero-order chi connectivity index (χ0) is 14.6. The van der Waals surface area contributed by atoms with Crippen molar-refractivity contribution in [3.8, 4) is 0 Å². The third-order valence-corrected chi connectivity index (χ3v) is 8.42. The second kappa shape index (κ2) is 4.58. The van der Waals surface area contributed by atoms with Crippen LogP contribution >= 0.6 is 0 Å².